The second kappa shape index (κ2) is 9.90. The first-order valence-electron chi connectivity index (χ1n) is 10.5. The third kappa shape index (κ3) is 5.43. The molecule has 3 N–H and O–H groups in total. The van der Waals surface area contributed by atoms with Crippen LogP contribution in [0.3, 0.4) is 0 Å². The van der Waals surface area contributed by atoms with Gasteiger partial charge < -0.3 is 24.8 Å². The van der Waals surface area contributed by atoms with Gasteiger partial charge in [-0.15, -0.1) is 11.3 Å². The number of esters is 1. The van der Waals surface area contributed by atoms with E-state index in [4.69, 9.17) is 14.2 Å². The summed E-state index contributed by atoms with van der Waals surface area (Å²) in [7, 11) is 0. The van der Waals surface area contributed by atoms with E-state index in [-0.39, 0.29) is 5.91 Å². The van der Waals surface area contributed by atoms with E-state index in [1.807, 2.05) is 0 Å². The van der Waals surface area contributed by atoms with Gasteiger partial charge in [0.05, 0.1) is 5.56 Å². The molecule has 0 saturated heterocycles. The monoisotopic (exact) mass is 473 g/mol. The number of imide groups is 1. The number of ether oxygens (including phenoxy) is 3. The maximum Gasteiger partial charge on any atom is 0.341 e. The zero-order valence-corrected chi connectivity index (χ0v) is 18.8. The van der Waals surface area contributed by atoms with E-state index < -0.39 is 24.5 Å². The summed E-state index contributed by atoms with van der Waals surface area (Å²) in [6, 6.07) is 4.07. The highest BCUT2D eigenvalue weighted by molar-refractivity contribution is 7.17. The van der Waals surface area contributed by atoms with Crippen molar-refractivity contribution in [3.8, 4) is 11.5 Å². The van der Waals surface area contributed by atoms with E-state index in [1.54, 1.807) is 18.2 Å². The zero-order chi connectivity index (χ0) is 23.4. The normalized spacial score (nSPS) is 14.0. The van der Waals surface area contributed by atoms with Gasteiger partial charge in [0.15, 0.2) is 18.1 Å². The first-order valence-corrected chi connectivity index (χ1v) is 11.3. The number of aryl methyl sites for hydroxylation is 1. The molecule has 1 aromatic heterocycles. The Labute approximate surface area is 193 Å². The highest BCUT2D eigenvalue weighted by Gasteiger charge is 2.27. The molecule has 1 aliphatic heterocycles. The number of anilines is 2. The van der Waals surface area contributed by atoms with Gasteiger partial charge in [0.2, 0.25) is 5.91 Å². The van der Waals surface area contributed by atoms with Gasteiger partial charge in [-0.25, -0.2) is 9.59 Å². The van der Waals surface area contributed by atoms with E-state index in [0.717, 1.165) is 29.7 Å². The van der Waals surface area contributed by atoms with Gasteiger partial charge in [-0.2, -0.15) is 0 Å². The number of amides is 4. The van der Waals surface area contributed by atoms with E-state index >= 15 is 0 Å². The summed E-state index contributed by atoms with van der Waals surface area (Å²) in [5, 5.41) is 7.73. The molecular formula is C22H23N3O7S. The number of rotatable bonds is 5. The van der Waals surface area contributed by atoms with Crippen molar-refractivity contribution in [1.82, 2.24) is 5.32 Å². The molecule has 2 aliphatic rings. The molecule has 1 aliphatic carbocycles. The fraction of sp³-hybridized carbons (Fsp3) is 0.364. The van der Waals surface area contributed by atoms with Gasteiger partial charge in [-0.1, -0.05) is 0 Å². The molecule has 0 saturated carbocycles. The number of urea groups is 1. The molecule has 10 nitrogen and oxygen atoms in total. The molecule has 0 radical (unpaired) electrons. The van der Waals surface area contributed by atoms with Crippen molar-refractivity contribution in [3.63, 3.8) is 0 Å². The van der Waals surface area contributed by atoms with E-state index in [9.17, 15) is 19.2 Å². The minimum Gasteiger partial charge on any atom is -0.486 e. The van der Waals surface area contributed by atoms with Crippen LogP contribution in [-0.4, -0.2) is 43.6 Å². The second-order valence-electron chi connectivity index (χ2n) is 7.53. The lowest BCUT2D eigenvalue weighted by molar-refractivity contribution is -0.123. The molecule has 0 spiro atoms. The van der Waals surface area contributed by atoms with Gasteiger partial charge in [0.1, 0.15) is 18.2 Å². The highest BCUT2D eigenvalue weighted by Crippen LogP contribution is 2.38. The molecular weight excluding hydrogens is 450 g/mol. The molecule has 1 aromatic carbocycles. The fourth-order valence-corrected chi connectivity index (χ4v) is 5.00. The average Bonchev–Trinajstić information content (AvgIpc) is 3.14. The molecule has 4 rings (SSSR count). The van der Waals surface area contributed by atoms with Crippen LogP contribution in [0.25, 0.3) is 0 Å². The first kappa shape index (κ1) is 22.6. The summed E-state index contributed by atoms with van der Waals surface area (Å²) in [5.41, 5.74) is 1.56. The molecule has 4 amide bonds. The lowest BCUT2D eigenvalue weighted by Gasteiger charge is -2.19. The molecule has 0 bridgehead atoms. The van der Waals surface area contributed by atoms with E-state index in [1.165, 1.54) is 18.3 Å². The summed E-state index contributed by atoms with van der Waals surface area (Å²) >= 11 is 1.36. The predicted octanol–water partition coefficient (Wildman–Crippen LogP) is 2.86. The molecule has 0 atom stereocenters. The maximum absolute atomic E-state index is 12.7. The number of benzene rings is 1. The Morgan fingerprint density at radius 3 is 2.58 bits per heavy atom. The highest BCUT2D eigenvalue weighted by atomic mass is 32.1. The van der Waals surface area contributed by atoms with Crippen LogP contribution in [-0.2, 0) is 27.2 Å². The molecule has 33 heavy (non-hydrogen) atoms. The van der Waals surface area contributed by atoms with Gasteiger partial charge in [0.25, 0.3) is 5.91 Å². The van der Waals surface area contributed by atoms with Gasteiger partial charge >= 0.3 is 12.0 Å². The Hall–Kier alpha value is -3.60. The summed E-state index contributed by atoms with van der Waals surface area (Å²) in [6.45, 7) is 1.58. The molecule has 2 aromatic rings. The Morgan fingerprint density at radius 2 is 1.79 bits per heavy atom. The van der Waals surface area contributed by atoms with Gasteiger partial charge in [-0.3, -0.25) is 14.9 Å². The summed E-state index contributed by atoms with van der Waals surface area (Å²) in [4.78, 5) is 49.6. The first-order chi connectivity index (χ1) is 15.9. The molecule has 0 unspecified atom stereocenters. The summed E-state index contributed by atoms with van der Waals surface area (Å²) in [6.07, 6.45) is 3.49. The number of hydrogen-bond donors (Lipinski definition) is 3. The van der Waals surface area contributed by atoms with Crippen LogP contribution >= 0.6 is 11.3 Å². The maximum atomic E-state index is 12.7. The van der Waals surface area contributed by atoms with E-state index in [2.05, 4.69) is 16.0 Å². The van der Waals surface area contributed by atoms with Gasteiger partial charge in [0, 0.05) is 23.6 Å². The summed E-state index contributed by atoms with van der Waals surface area (Å²) < 4.78 is 16.0. The van der Waals surface area contributed by atoms with Crippen LogP contribution < -0.4 is 25.4 Å². The Kier molecular flexibility index (Phi) is 6.78. The fourth-order valence-electron chi connectivity index (χ4n) is 3.68. The van der Waals surface area contributed by atoms with Crippen LogP contribution in [0.1, 0.15) is 40.6 Å². The Morgan fingerprint density at radius 1 is 1.03 bits per heavy atom. The van der Waals surface area contributed by atoms with Crippen molar-refractivity contribution in [2.24, 2.45) is 0 Å². The van der Waals surface area contributed by atoms with Gasteiger partial charge in [-0.05, 0) is 43.4 Å². The number of fused-ring (bicyclic) bond motifs is 2. The second-order valence-corrected chi connectivity index (χ2v) is 8.64. The third-order valence-electron chi connectivity index (χ3n) is 5.05. The third-order valence-corrected chi connectivity index (χ3v) is 6.26. The van der Waals surface area contributed by atoms with Crippen molar-refractivity contribution < 1.29 is 33.4 Å². The van der Waals surface area contributed by atoms with Crippen molar-refractivity contribution in [2.75, 3.05) is 30.5 Å². The number of nitrogens with one attached hydrogen (secondary N) is 3. The molecule has 174 valence electrons. The van der Waals surface area contributed by atoms with Crippen molar-refractivity contribution >= 4 is 45.8 Å². The lowest BCUT2D eigenvalue weighted by Crippen LogP contribution is -2.37. The number of carbonyl (C=O) groups is 4. The lowest BCUT2D eigenvalue weighted by atomic mass is 9.95. The average molecular weight is 474 g/mol. The van der Waals surface area contributed by atoms with Crippen molar-refractivity contribution in [1.29, 1.82) is 0 Å². The quantitative estimate of drug-likeness (QED) is 0.569. The SMILES string of the molecule is CC(=O)Nc1sc2c(c1C(=O)OCC(=O)NC(=O)Nc1ccc3c(c1)OCCO3)CCCC2. The largest absolute Gasteiger partial charge is 0.486 e. The number of thiophene rings is 1. The Bertz CT molecular complexity index is 1110. The van der Waals surface area contributed by atoms with Crippen molar-refractivity contribution in [2.45, 2.75) is 32.6 Å². The van der Waals surface area contributed by atoms with Crippen LogP contribution in [0.5, 0.6) is 11.5 Å². The predicted molar refractivity (Wildman–Crippen MR) is 120 cm³/mol. The van der Waals surface area contributed by atoms with Crippen LogP contribution in [0.2, 0.25) is 0 Å². The minimum atomic E-state index is -0.788. The molecule has 0 fully saturated rings. The molecule has 2 heterocycles. The standard InChI is InChI=1S/C22H23N3O7S/c1-12(26)23-20-19(14-4-2-3-5-17(14)33-20)21(28)32-11-18(27)25-22(29)24-13-6-7-15-16(10-13)31-9-8-30-15/h6-7,10H,2-5,8-9,11H2,1H3,(H,23,26)(H2,24,25,27,29). The number of hydrogen-bond acceptors (Lipinski definition) is 8. The van der Waals surface area contributed by atoms with Crippen LogP contribution in [0, 0.1) is 0 Å². The number of carbonyl (C=O) groups excluding carboxylic acids is 4. The van der Waals surface area contributed by atoms with Crippen LogP contribution in [0.4, 0.5) is 15.5 Å². The summed E-state index contributed by atoms with van der Waals surface area (Å²) in [5.74, 6) is -0.724. The molecule has 11 heteroatoms. The minimum absolute atomic E-state index is 0.290. The smallest absolute Gasteiger partial charge is 0.341 e. The van der Waals surface area contributed by atoms with Crippen molar-refractivity contribution in [3.05, 3.63) is 34.2 Å². The topological polar surface area (TPSA) is 132 Å². The zero-order valence-electron chi connectivity index (χ0n) is 17.9. The van der Waals surface area contributed by atoms with E-state index in [0.29, 0.717) is 47.4 Å². The van der Waals surface area contributed by atoms with Crippen LogP contribution in [0.15, 0.2) is 18.2 Å². The Balaban J connectivity index is 1.33.